The third-order valence-corrected chi connectivity index (χ3v) is 3.59. The van der Waals surface area contributed by atoms with Crippen LogP contribution in [-0.2, 0) is 4.79 Å². The lowest BCUT2D eigenvalue weighted by Gasteiger charge is -2.32. The summed E-state index contributed by atoms with van der Waals surface area (Å²) in [5.74, 6) is 0. The zero-order valence-corrected chi connectivity index (χ0v) is 11.5. The second-order valence-electron chi connectivity index (χ2n) is 5.62. The van der Waals surface area contributed by atoms with Crippen LogP contribution in [0, 0.1) is 5.41 Å². The minimum absolute atomic E-state index is 0.295. The Kier molecular flexibility index (Phi) is 4.92. The summed E-state index contributed by atoms with van der Waals surface area (Å²) in [4.78, 5) is 10.3. The molecule has 1 nitrogen and oxygen atoms in total. The fraction of sp³-hybridized carbons (Fsp3) is 0.562. The largest absolute Gasteiger partial charge is 0.303 e. The number of carbonyl (C=O) groups is 1. The van der Waals surface area contributed by atoms with Gasteiger partial charge in [0.25, 0.3) is 0 Å². The van der Waals surface area contributed by atoms with Gasteiger partial charge in [-0.25, -0.2) is 0 Å². The lowest BCUT2D eigenvalue weighted by Crippen LogP contribution is -2.19. The van der Waals surface area contributed by atoms with E-state index in [1.54, 1.807) is 0 Å². The van der Waals surface area contributed by atoms with E-state index in [4.69, 9.17) is 0 Å². The van der Waals surface area contributed by atoms with Crippen LogP contribution in [0.4, 0.5) is 0 Å². The minimum Gasteiger partial charge on any atom is -0.303 e. The summed E-state index contributed by atoms with van der Waals surface area (Å²) < 4.78 is 0. The smallest absolute Gasteiger partial charge is 0.123 e. The Bertz CT molecular complexity index is 367. The highest BCUT2D eigenvalue weighted by atomic mass is 16.1. The molecule has 0 aromatic carbocycles. The summed E-state index contributed by atoms with van der Waals surface area (Å²) in [6.07, 6.45) is 11.6. The first-order chi connectivity index (χ1) is 7.97. The molecule has 0 heterocycles. The number of rotatable bonds is 4. The monoisotopic (exact) mass is 232 g/mol. The molecule has 0 radical (unpaired) electrons. The van der Waals surface area contributed by atoms with Crippen LogP contribution in [0.3, 0.4) is 0 Å². The molecular formula is C16H24O. The van der Waals surface area contributed by atoms with Crippen LogP contribution in [0.25, 0.3) is 0 Å². The van der Waals surface area contributed by atoms with Crippen molar-refractivity contribution in [1.29, 1.82) is 0 Å². The van der Waals surface area contributed by atoms with Crippen molar-refractivity contribution in [3.63, 3.8) is 0 Å². The first-order valence-electron chi connectivity index (χ1n) is 6.46. The molecule has 0 aromatic rings. The van der Waals surface area contributed by atoms with Crippen molar-refractivity contribution >= 4 is 6.29 Å². The van der Waals surface area contributed by atoms with Gasteiger partial charge in [-0.3, -0.25) is 0 Å². The fourth-order valence-corrected chi connectivity index (χ4v) is 2.53. The molecule has 0 saturated carbocycles. The molecule has 1 aliphatic carbocycles. The topological polar surface area (TPSA) is 17.1 Å². The third-order valence-electron chi connectivity index (χ3n) is 3.59. The van der Waals surface area contributed by atoms with Crippen LogP contribution in [0.15, 0.2) is 34.9 Å². The van der Waals surface area contributed by atoms with E-state index in [-0.39, 0.29) is 0 Å². The first kappa shape index (κ1) is 14.0. The van der Waals surface area contributed by atoms with Gasteiger partial charge >= 0.3 is 0 Å². The maximum atomic E-state index is 10.3. The number of aldehydes is 1. The van der Waals surface area contributed by atoms with Gasteiger partial charge in [-0.05, 0) is 44.1 Å². The Labute approximate surface area is 105 Å². The van der Waals surface area contributed by atoms with Crippen molar-refractivity contribution in [2.45, 2.75) is 53.4 Å². The van der Waals surface area contributed by atoms with Gasteiger partial charge in [0, 0.05) is 6.42 Å². The van der Waals surface area contributed by atoms with E-state index in [0.717, 1.165) is 6.29 Å². The first-order valence-corrected chi connectivity index (χ1v) is 6.46. The third kappa shape index (κ3) is 3.99. The summed E-state index contributed by atoms with van der Waals surface area (Å²) in [7, 11) is 0. The van der Waals surface area contributed by atoms with Crippen molar-refractivity contribution in [3.05, 3.63) is 34.9 Å². The predicted octanol–water partition coefficient (Wildman–Crippen LogP) is 4.60. The van der Waals surface area contributed by atoms with Crippen LogP contribution in [0.2, 0.25) is 0 Å². The highest BCUT2D eigenvalue weighted by Crippen LogP contribution is 2.40. The van der Waals surface area contributed by atoms with Crippen molar-refractivity contribution in [2.24, 2.45) is 5.41 Å². The van der Waals surface area contributed by atoms with Gasteiger partial charge in [0.15, 0.2) is 0 Å². The molecule has 0 atom stereocenters. The number of hydrogen-bond donors (Lipinski definition) is 0. The highest BCUT2D eigenvalue weighted by molar-refractivity contribution is 5.52. The maximum Gasteiger partial charge on any atom is 0.123 e. The molecule has 1 heteroatoms. The molecule has 0 aliphatic heterocycles. The molecule has 0 bridgehead atoms. The zero-order valence-electron chi connectivity index (χ0n) is 11.5. The van der Waals surface area contributed by atoms with Crippen molar-refractivity contribution < 1.29 is 4.79 Å². The lowest BCUT2D eigenvalue weighted by molar-refractivity contribution is -0.107. The molecule has 0 saturated heterocycles. The van der Waals surface area contributed by atoms with Crippen molar-refractivity contribution in [2.75, 3.05) is 0 Å². The van der Waals surface area contributed by atoms with Crippen LogP contribution in [0.5, 0.6) is 0 Å². The predicted molar refractivity (Wildman–Crippen MR) is 73.9 cm³/mol. The molecule has 1 aliphatic rings. The second-order valence-corrected chi connectivity index (χ2v) is 5.62. The molecular weight excluding hydrogens is 208 g/mol. The molecule has 0 aromatic heterocycles. The van der Waals surface area contributed by atoms with E-state index >= 15 is 0 Å². The van der Waals surface area contributed by atoms with Crippen molar-refractivity contribution in [1.82, 2.24) is 0 Å². The number of carbonyl (C=O) groups excluding carboxylic acids is 1. The fourth-order valence-electron chi connectivity index (χ4n) is 2.53. The molecule has 1 rings (SSSR count). The molecule has 94 valence electrons. The quantitative estimate of drug-likeness (QED) is 0.511. The Morgan fingerprint density at radius 3 is 2.71 bits per heavy atom. The van der Waals surface area contributed by atoms with Crippen LogP contribution in [-0.4, -0.2) is 6.29 Å². The summed E-state index contributed by atoms with van der Waals surface area (Å²) in [6, 6.07) is 0. The van der Waals surface area contributed by atoms with E-state index < -0.39 is 0 Å². The van der Waals surface area contributed by atoms with E-state index in [1.807, 2.05) is 13.0 Å². The lowest BCUT2D eigenvalue weighted by atomic mass is 9.72. The molecule has 0 unspecified atom stereocenters. The molecule has 17 heavy (non-hydrogen) atoms. The standard InChI is InChI=1S/C16H24O/c1-13(7-6-12-17)9-10-15-14(2)8-5-11-16(15,3)4/h7,9-10,12H,5-6,8,11H2,1-4H3/b10-9+,13-7+. The molecule has 0 spiro atoms. The molecule has 0 N–H and O–H groups in total. The SMILES string of the molecule is CC1=C(/C=C/C(C)=C/CC=O)C(C)(C)CCC1. The maximum absolute atomic E-state index is 10.3. The summed E-state index contributed by atoms with van der Waals surface area (Å²) in [5, 5.41) is 0. The summed E-state index contributed by atoms with van der Waals surface area (Å²) in [6.45, 7) is 8.93. The van der Waals surface area contributed by atoms with Gasteiger partial charge in [-0.15, -0.1) is 0 Å². The van der Waals surface area contributed by atoms with Gasteiger partial charge in [0.1, 0.15) is 6.29 Å². The highest BCUT2D eigenvalue weighted by Gasteiger charge is 2.26. The Balaban J connectivity index is 2.85. The van der Waals surface area contributed by atoms with E-state index in [0.29, 0.717) is 11.8 Å². The zero-order chi connectivity index (χ0) is 12.9. The van der Waals surface area contributed by atoms with E-state index in [1.165, 1.54) is 36.0 Å². The van der Waals surface area contributed by atoms with Gasteiger partial charge < -0.3 is 4.79 Å². The van der Waals surface area contributed by atoms with E-state index in [2.05, 4.69) is 32.9 Å². The summed E-state index contributed by atoms with van der Waals surface area (Å²) >= 11 is 0. The average molecular weight is 232 g/mol. The van der Waals surface area contributed by atoms with Crippen LogP contribution < -0.4 is 0 Å². The van der Waals surface area contributed by atoms with Gasteiger partial charge in [0.05, 0.1) is 0 Å². The normalized spacial score (nSPS) is 21.1. The van der Waals surface area contributed by atoms with Crippen LogP contribution in [0.1, 0.15) is 53.4 Å². The Hall–Kier alpha value is -1.11. The van der Waals surface area contributed by atoms with Gasteiger partial charge in [0.2, 0.25) is 0 Å². The molecule has 0 amide bonds. The number of hydrogen-bond acceptors (Lipinski definition) is 1. The summed E-state index contributed by atoms with van der Waals surface area (Å²) in [5.41, 5.74) is 4.45. The molecule has 0 fully saturated rings. The van der Waals surface area contributed by atoms with Gasteiger partial charge in [-0.1, -0.05) is 43.2 Å². The Morgan fingerprint density at radius 1 is 1.41 bits per heavy atom. The Morgan fingerprint density at radius 2 is 2.12 bits per heavy atom. The van der Waals surface area contributed by atoms with Crippen molar-refractivity contribution in [3.8, 4) is 0 Å². The van der Waals surface area contributed by atoms with E-state index in [9.17, 15) is 4.79 Å². The van der Waals surface area contributed by atoms with Crippen LogP contribution >= 0.6 is 0 Å². The second kappa shape index (κ2) is 6.00. The van der Waals surface area contributed by atoms with Gasteiger partial charge in [-0.2, -0.15) is 0 Å². The number of allylic oxidation sites excluding steroid dienone is 6. The minimum atomic E-state index is 0.295. The average Bonchev–Trinajstić information content (AvgIpc) is 2.24.